The van der Waals surface area contributed by atoms with Gasteiger partial charge in [0.2, 0.25) is 11.9 Å². The summed E-state index contributed by atoms with van der Waals surface area (Å²) in [6, 6.07) is 4.39. The van der Waals surface area contributed by atoms with Crippen LogP contribution in [0, 0.1) is 5.82 Å². The fourth-order valence-electron chi connectivity index (χ4n) is 4.06. The molecule has 0 unspecified atom stereocenters. The van der Waals surface area contributed by atoms with Crippen molar-refractivity contribution in [2.75, 3.05) is 55.7 Å². The second-order valence-corrected chi connectivity index (χ2v) is 8.49. The molecular formula is C24H27FN6O6. The maximum Gasteiger partial charge on any atom is 0.414 e. The van der Waals surface area contributed by atoms with Crippen molar-refractivity contribution in [3.8, 4) is 11.1 Å². The van der Waals surface area contributed by atoms with Gasteiger partial charge >= 0.3 is 18.0 Å². The van der Waals surface area contributed by atoms with Gasteiger partial charge in [-0.2, -0.15) is 0 Å². The first-order chi connectivity index (χ1) is 17.8. The van der Waals surface area contributed by atoms with E-state index < -0.39 is 29.9 Å². The summed E-state index contributed by atoms with van der Waals surface area (Å²) in [5, 5.41) is 2.60. The van der Waals surface area contributed by atoms with Crippen LogP contribution >= 0.6 is 0 Å². The number of nitrogens with one attached hydrogen (secondary N) is 1. The number of piperazine rings is 1. The number of aromatic nitrogens is 2. The van der Waals surface area contributed by atoms with Crippen molar-refractivity contribution >= 4 is 35.5 Å². The van der Waals surface area contributed by atoms with Gasteiger partial charge in [0.15, 0.2) is 0 Å². The van der Waals surface area contributed by atoms with E-state index in [9.17, 15) is 23.6 Å². The molecule has 12 nitrogen and oxygen atoms in total. The molecule has 2 aliphatic rings. The van der Waals surface area contributed by atoms with Crippen LogP contribution in [0.3, 0.4) is 0 Å². The third-order valence-corrected chi connectivity index (χ3v) is 5.97. The maximum atomic E-state index is 15.0. The number of nitrogens with zero attached hydrogens (tertiary/aromatic N) is 5. The van der Waals surface area contributed by atoms with Gasteiger partial charge < -0.3 is 24.6 Å². The molecule has 37 heavy (non-hydrogen) atoms. The van der Waals surface area contributed by atoms with E-state index in [1.807, 2.05) is 4.90 Å². The lowest BCUT2D eigenvalue weighted by Crippen LogP contribution is -2.51. The van der Waals surface area contributed by atoms with Crippen LogP contribution in [0.5, 0.6) is 0 Å². The number of carbonyl (C=O) groups is 4. The smallest absolute Gasteiger partial charge is 0.414 e. The minimum atomic E-state index is -0.865. The summed E-state index contributed by atoms with van der Waals surface area (Å²) in [7, 11) is 0. The molecule has 0 spiro atoms. The minimum Gasteiger partial charge on any atom is -0.459 e. The normalized spacial score (nSPS) is 17.4. The molecular weight excluding hydrogens is 487 g/mol. The molecule has 3 heterocycles. The largest absolute Gasteiger partial charge is 0.459 e. The van der Waals surface area contributed by atoms with Crippen LogP contribution in [0.4, 0.5) is 20.8 Å². The Labute approximate surface area is 212 Å². The van der Waals surface area contributed by atoms with E-state index in [1.165, 1.54) is 41.2 Å². The molecule has 1 N–H and O–H groups in total. The number of benzene rings is 1. The third-order valence-electron chi connectivity index (χ3n) is 5.97. The monoisotopic (exact) mass is 514 g/mol. The second-order valence-electron chi connectivity index (χ2n) is 8.49. The van der Waals surface area contributed by atoms with Crippen molar-refractivity contribution < 1.29 is 33.0 Å². The quantitative estimate of drug-likeness (QED) is 0.442. The molecule has 2 saturated heterocycles. The molecule has 0 aliphatic carbocycles. The first kappa shape index (κ1) is 25.8. The zero-order valence-electron chi connectivity index (χ0n) is 20.5. The molecule has 0 saturated carbocycles. The SMILES string of the molecule is CCOC(=O)C(=O)N1CCN(c2ncc(-c3ccc(N4C[C@H](CNC(C)=O)OC4=O)cc3F)cn2)CC1. The van der Waals surface area contributed by atoms with Crippen molar-refractivity contribution in [1.29, 1.82) is 0 Å². The highest BCUT2D eigenvalue weighted by molar-refractivity contribution is 6.32. The highest BCUT2D eigenvalue weighted by Crippen LogP contribution is 2.29. The molecule has 1 aromatic heterocycles. The van der Waals surface area contributed by atoms with Crippen LogP contribution < -0.4 is 15.1 Å². The highest BCUT2D eigenvalue weighted by atomic mass is 19.1. The van der Waals surface area contributed by atoms with Gasteiger partial charge in [0, 0.05) is 56.6 Å². The van der Waals surface area contributed by atoms with E-state index in [1.54, 1.807) is 13.0 Å². The van der Waals surface area contributed by atoms with Gasteiger partial charge in [0.1, 0.15) is 11.9 Å². The molecule has 3 amide bonds. The lowest BCUT2D eigenvalue weighted by molar-refractivity contribution is -0.160. The predicted molar refractivity (Wildman–Crippen MR) is 129 cm³/mol. The summed E-state index contributed by atoms with van der Waals surface area (Å²) >= 11 is 0. The predicted octanol–water partition coefficient (Wildman–Crippen LogP) is 0.956. The topological polar surface area (TPSA) is 134 Å². The lowest BCUT2D eigenvalue weighted by atomic mass is 10.1. The van der Waals surface area contributed by atoms with E-state index in [4.69, 9.17) is 9.47 Å². The number of hydrogen-bond donors (Lipinski definition) is 1. The molecule has 2 fully saturated rings. The number of ether oxygens (including phenoxy) is 2. The van der Waals surface area contributed by atoms with Gasteiger partial charge in [-0.15, -0.1) is 0 Å². The Balaban J connectivity index is 1.37. The molecule has 1 aromatic carbocycles. The number of cyclic esters (lactones) is 1. The number of amides is 3. The number of hydrogen-bond acceptors (Lipinski definition) is 9. The van der Waals surface area contributed by atoms with Crippen LogP contribution in [0.2, 0.25) is 0 Å². The molecule has 1 atom stereocenters. The fourth-order valence-corrected chi connectivity index (χ4v) is 4.06. The number of esters is 1. The van der Waals surface area contributed by atoms with E-state index in [0.29, 0.717) is 43.4 Å². The zero-order chi connectivity index (χ0) is 26.5. The zero-order valence-corrected chi connectivity index (χ0v) is 20.5. The van der Waals surface area contributed by atoms with E-state index in [-0.39, 0.29) is 31.2 Å². The molecule has 2 aromatic rings. The van der Waals surface area contributed by atoms with Crippen molar-refractivity contribution in [3.05, 3.63) is 36.4 Å². The molecule has 0 bridgehead atoms. The summed E-state index contributed by atoms with van der Waals surface area (Å²) in [6.07, 6.45) is 1.87. The van der Waals surface area contributed by atoms with Crippen molar-refractivity contribution in [1.82, 2.24) is 20.2 Å². The molecule has 196 valence electrons. The summed E-state index contributed by atoms with van der Waals surface area (Å²) in [5.41, 5.74) is 1.06. The van der Waals surface area contributed by atoms with Gasteiger partial charge in [-0.25, -0.2) is 23.9 Å². The van der Waals surface area contributed by atoms with Gasteiger partial charge in [0.25, 0.3) is 0 Å². The van der Waals surface area contributed by atoms with Gasteiger partial charge in [-0.3, -0.25) is 14.5 Å². The molecule has 0 radical (unpaired) electrons. The molecule has 13 heteroatoms. The van der Waals surface area contributed by atoms with Crippen molar-refractivity contribution in [2.24, 2.45) is 0 Å². The van der Waals surface area contributed by atoms with E-state index >= 15 is 0 Å². The van der Waals surface area contributed by atoms with Gasteiger partial charge in [0.05, 0.1) is 25.4 Å². The standard InChI is InChI=1S/C24H27FN6O6/c1-3-36-22(34)21(33)29-6-8-30(9-7-29)23-27-11-16(12-28-23)19-5-4-17(10-20(19)25)31-14-18(37-24(31)35)13-26-15(2)32/h4-5,10-12,18H,3,6-9,13-14H2,1-2H3,(H,26,32)/t18-/m0/s1. The summed E-state index contributed by atoms with van der Waals surface area (Å²) in [6.45, 7) is 5.03. The molecule has 4 rings (SSSR count). The van der Waals surface area contributed by atoms with Crippen LogP contribution in [0.1, 0.15) is 13.8 Å². The minimum absolute atomic E-state index is 0.138. The Morgan fingerprint density at radius 2 is 1.86 bits per heavy atom. The highest BCUT2D eigenvalue weighted by Gasteiger charge is 2.33. The average Bonchev–Trinajstić information content (AvgIpc) is 3.27. The maximum absolute atomic E-state index is 15.0. The van der Waals surface area contributed by atoms with E-state index in [2.05, 4.69) is 15.3 Å². The number of carbonyl (C=O) groups excluding carboxylic acids is 4. The van der Waals surface area contributed by atoms with Gasteiger partial charge in [-0.05, 0) is 25.1 Å². The van der Waals surface area contributed by atoms with Crippen LogP contribution in [0.25, 0.3) is 11.1 Å². The Bertz CT molecular complexity index is 1180. The number of rotatable bonds is 6. The number of halogens is 1. The third kappa shape index (κ3) is 5.93. The average molecular weight is 515 g/mol. The Morgan fingerprint density at radius 1 is 1.16 bits per heavy atom. The summed E-state index contributed by atoms with van der Waals surface area (Å²) in [5.74, 6) is -1.89. The molecule has 2 aliphatic heterocycles. The fraction of sp³-hybridized carbons (Fsp3) is 0.417. The van der Waals surface area contributed by atoms with Gasteiger partial charge in [-0.1, -0.05) is 0 Å². The van der Waals surface area contributed by atoms with Crippen LogP contribution in [-0.4, -0.2) is 90.7 Å². The second kappa shape index (κ2) is 11.2. The Morgan fingerprint density at radius 3 is 2.49 bits per heavy atom. The first-order valence-electron chi connectivity index (χ1n) is 11.8. The number of anilines is 2. The van der Waals surface area contributed by atoms with Crippen molar-refractivity contribution in [2.45, 2.75) is 20.0 Å². The summed E-state index contributed by atoms with van der Waals surface area (Å²) < 4.78 is 25.0. The Hall–Kier alpha value is -4.29. The van der Waals surface area contributed by atoms with Crippen molar-refractivity contribution in [3.63, 3.8) is 0 Å². The Kier molecular flexibility index (Phi) is 7.80. The first-order valence-corrected chi connectivity index (χ1v) is 11.8. The van der Waals surface area contributed by atoms with Crippen LogP contribution in [-0.2, 0) is 23.9 Å². The summed E-state index contributed by atoms with van der Waals surface area (Å²) in [4.78, 5) is 60.3. The lowest BCUT2D eigenvalue weighted by Gasteiger charge is -2.34. The van der Waals surface area contributed by atoms with Crippen LogP contribution in [0.15, 0.2) is 30.6 Å². The van der Waals surface area contributed by atoms with E-state index in [0.717, 1.165) is 0 Å².